The highest BCUT2D eigenvalue weighted by Crippen LogP contribution is 2.18. The lowest BCUT2D eigenvalue weighted by Crippen LogP contribution is -2.36. The van der Waals surface area contributed by atoms with Gasteiger partial charge in [-0.1, -0.05) is 6.07 Å². The van der Waals surface area contributed by atoms with Crippen LogP contribution in [0.4, 0.5) is 4.79 Å². The van der Waals surface area contributed by atoms with E-state index in [1.807, 2.05) is 19.1 Å². The van der Waals surface area contributed by atoms with Gasteiger partial charge in [0, 0.05) is 36.1 Å². The highest BCUT2D eigenvalue weighted by atomic mass is 16.5. The standard InChI is InChI=1S/C18H22N4O3/c1-11-13(6-7-16(21-11)25-2)9-19-18(24)20-10-14-8-12-4-3-5-15(12)22-17(14)23/h6-8H,3-5,9-10H2,1-2H3,(H,22,23)(H2,19,20,24). The summed E-state index contributed by atoms with van der Waals surface area (Å²) in [5, 5.41) is 5.50. The molecule has 0 aliphatic heterocycles. The van der Waals surface area contributed by atoms with Gasteiger partial charge >= 0.3 is 6.03 Å². The van der Waals surface area contributed by atoms with E-state index in [-0.39, 0.29) is 18.1 Å². The zero-order valence-corrected chi connectivity index (χ0v) is 14.4. The summed E-state index contributed by atoms with van der Waals surface area (Å²) in [6.07, 6.45) is 2.97. The van der Waals surface area contributed by atoms with Crippen molar-refractivity contribution in [1.29, 1.82) is 0 Å². The van der Waals surface area contributed by atoms with Gasteiger partial charge in [0.25, 0.3) is 5.56 Å². The van der Waals surface area contributed by atoms with Crippen molar-refractivity contribution in [1.82, 2.24) is 20.6 Å². The Kier molecular flexibility index (Phi) is 5.02. The van der Waals surface area contributed by atoms with E-state index >= 15 is 0 Å². The molecule has 0 spiro atoms. The van der Waals surface area contributed by atoms with E-state index in [1.165, 1.54) is 5.56 Å². The lowest BCUT2D eigenvalue weighted by Gasteiger charge is -2.10. The van der Waals surface area contributed by atoms with Gasteiger partial charge < -0.3 is 20.4 Å². The van der Waals surface area contributed by atoms with Crippen molar-refractivity contribution < 1.29 is 9.53 Å². The second-order valence-electron chi connectivity index (χ2n) is 6.12. The number of aryl methyl sites for hydroxylation is 3. The molecule has 3 N–H and O–H groups in total. The number of carbonyl (C=O) groups excluding carboxylic acids is 1. The van der Waals surface area contributed by atoms with Crippen molar-refractivity contribution in [3.8, 4) is 5.88 Å². The number of nitrogens with zero attached hydrogens (tertiary/aromatic N) is 1. The molecule has 0 saturated heterocycles. The average molecular weight is 342 g/mol. The molecule has 7 heteroatoms. The van der Waals surface area contributed by atoms with E-state index in [4.69, 9.17) is 4.74 Å². The molecule has 2 heterocycles. The van der Waals surface area contributed by atoms with Crippen LogP contribution in [0.3, 0.4) is 0 Å². The second kappa shape index (κ2) is 7.38. The van der Waals surface area contributed by atoms with Crippen LogP contribution in [0, 0.1) is 6.92 Å². The molecule has 0 bridgehead atoms. The molecule has 0 radical (unpaired) electrons. The zero-order chi connectivity index (χ0) is 17.8. The summed E-state index contributed by atoms with van der Waals surface area (Å²) in [7, 11) is 1.56. The van der Waals surface area contributed by atoms with E-state index in [1.54, 1.807) is 13.2 Å². The zero-order valence-electron chi connectivity index (χ0n) is 14.4. The lowest BCUT2D eigenvalue weighted by molar-refractivity contribution is 0.240. The third-order valence-electron chi connectivity index (χ3n) is 4.42. The highest BCUT2D eigenvalue weighted by molar-refractivity contribution is 5.73. The number of H-pyrrole nitrogens is 1. The number of ether oxygens (including phenoxy) is 1. The average Bonchev–Trinajstić information content (AvgIpc) is 3.05. The third-order valence-corrected chi connectivity index (χ3v) is 4.42. The Hall–Kier alpha value is -2.83. The number of amides is 2. The Morgan fingerprint density at radius 2 is 2.00 bits per heavy atom. The predicted molar refractivity (Wildman–Crippen MR) is 93.7 cm³/mol. The molecular weight excluding hydrogens is 320 g/mol. The van der Waals surface area contributed by atoms with Crippen molar-refractivity contribution in [2.75, 3.05) is 7.11 Å². The molecule has 0 atom stereocenters. The number of aromatic nitrogens is 2. The van der Waals surface area contributed by atoms with Gasteiger partial charge in [0.1, 0.15) is 0 Å². The summed E-state index contributed by atoms with van der Waals surface area (Å²) in [5.74, 6) is 0.543. The van der Waals surface area contributed by atoms with Gasteiger partial charge in [-0.3, -0.25) is 4.79 Å². The smallest absolute Gasteiger partial charge is 0.315 e. The normalized spacial score (nSPS) is 12.6. The Labute approximate surface area is 145 Å². The fourth-order valence-electron chi connectivity index (χ4n) is 2.97. The van der Waals surface area contributed by atoms with Gasteiger partial charge in [0.15, 0.2) is 0 Å². The van der Waals surface area contributed by atoms with Gasteiger partial charge in [-0.15, -0.1) is 0 Å². The molecule has 132 valence electrons. The molecule has 2 aromatic rings. The van der Waals surface area contributed by atoms with E-state index in [9.17, 15) is 9.59 Å². The van der Waals surface area contributed by atoms with Crippen LogP contribution in [0.15, 0.2) is 23.0 Å². The van der Waals surface area contributed by atoms with Crippen LogP contribution >= 0.6 is 0 Å². The van der Waals surface area contributed by atoms with Crippen LogP contribution in [-0.2, 0) is 25.9 Å². The Morgan fingerprint density at radius 1 is 1.24 bits per heavy atom. The van der Waals surface area contributed by atoms with Crippen molar-refractivity contribution in [2.24, 2.45) is 0 Å². The second-order valence-corrected chi connectivity index (χ2v) is 6.12. The lowest BCUT2D eigenvalue weighted by atomic mass is 10.1. The van der Waals surface area contributed by atoms with Crippen LogP contribution in [0.1, 0.15) is 34.5 Å². The fourth-order valence-corrected chi connectivity index (χ4v) is 2.97. The minimum Gasteiger partial charge on any atom is -0.481 e. The Bertz CT molecular complexity index is 845. The summed E-state index contributed by atoms with van der Waals surface area (Å²) >= 11 is 0. The summed E-state index contributed by atoms with van der Waals surface area (Å²) in [5.41, 5.74) is 4.37. The molecule has 2 amide bonds. The maximum Gasteiger partial charge on any atom is 0.315 e. The Morgan fingerprint density at radius 3 is 2.72 bits per heavy atom. The topological polar surface area (TPSA) is 96.1 Å². The molecule has 1 aliphatic carbocycles. The van der Waals surface area contributed by atoms with Crippen molar-refractivity contribution in [3.05, 3.63) is 56.6 Å². The number of carbonyl (C=O) groups is 1. The van der Waals surface area contributed by atoms with Crippen molar-refractivity contribution in [2.45, 2.75) is 39.3 Å². The van der Waals surface area contributed by atoms with Crippen LogP contribution in [-0.4, -0.2) is 23.1 Å². The molecule has 0 saturated carbocycles. The highest BCUT2D eigenvalue weighted by Gasteiger charge is 2.14. The summed E-state index contributed by atoms with van der Waals surface area (Å²) in [6, 6.07) is 5.20. The van der Waals surface area contributed by atoms with Gasteiger partial charge in [0.05, 0.1) is 7.11 Å². The van der Waals surface area contributed by atoms with Gasteiger partial charge in [-0.2, -0.15) is 0 Å². The largest absolute Gasteiger partial charge is 0.481 e. The molecule has 0 fully saturated rings. The number of nitrogens with one attached hydrogen (secondary N) is 3. The van der Waals surface area contributed by atoms with E-state index in [0.717, 1.165) is 36.2 Å². The molecule has 1 aliphatic rings. The van der Waals surface area contributed by atoms with Gasteiger partial charge in [0.2, 0.25) is 5.88 Å². The van der Waals surface area contributed by atoms with Crippen molar-refractivity contribution >= 4 is 6.03 Å². The van der Waals surface area contributed by atoms with Crippen LogP contribution < -0.4 is 20.9 Å². The first-order valence-corrected chi connectivity index (χ1v) is 8.33. The SMILES string of the molecule is COc1ccc(CNC(=O)NCc2cc3c([nH]c2=O)CCC3)c(C)n1. The number of aromatic amines is 1. The van der Waals surface area contributed by atoms with Gasteiger partial charge in [-0.25, -0.2) is 9.78 Å². The van der Waals surface area contributed by atoms with Crippen LogP contribution in [0.5, 0.6) is 5.88 Å². The van der Waals surface area contributed by atoms with E-state index in [2.05, 4.69) is 20.6 Å². The molecule has 0 aromatic carbocycles. The van der Waals surface area contributed by atoms with Crippen LogP contribution in [0.2, 0.25) is 0 Å². The Balaban J connectivity index is 1.54. The summed E-state index contributed by atoms with van der Waals surface area (Å²) in [6.45, 7) is 2.42. The molecule has 3 rings (SSSR count). The molecule has 25 heavy (non-hydrogen) atoms. The molecule has 7 nitrogen and oxygen atoms in total. The number of pyridine rings is 2. The minimum absolute atomic E-state index is 0.129. The summed E-state index contributed by atoms with van der Waals surface area (Å²) < 4.78 is 5.06. The number of urea groups is 1. The predicted octanol–water partition coefficient (Wildman–Crippen LogP) is 1.58. The monoisotopic (exact) mass is 342 g/mol. The maximum atomic E-state index is 12.0. The van der Waals surface area contributed by atoms with Gasteiger partial charge in [-0.05, 0) is 43.4 Å². The molecular formula is C18H22N4O3. The van der Waals surface area contributed by atoms with Crippen LogP contribution in [0.25, 0.3) is 0 Å². The minimum atomic E-state index is -0.324. The van der Waals surface area contributed by atoms with Crippen molar-refractivity contribution in [3.63, 3.8) is 0 Å². The first kappa shape index (κ1) is 17.0. The number of hydrogen-bond acceptors (Lipinski definition) is 4. The first-order chi connectivity index (χ1) is 12.1. The maximum absolute atomic E-state index is 12.0. The number of methoxy groups -OCH3 is 1. The quantitative estimate of drug-likeness (QED) is 0.768. The number of rotatable bonds is 5. The number of fused-ring (bicyclic) bond motifs is 1. The first-order valence-electron chi connectivity index (χ1n) is 8.33. The molecule has 2 aromatic heterocycles. The fraction of sp³-hybridized carbons (Fsp3) is 0.389. The third kappa shape index (κ3) is 3.99. The van der Waals surface area contributed by atoms with E-state index in [0.29, 0.717) is 18.0 Å². The molecule has 0 unspecified atom stereocenters. The number of hydrogen-bond donors (Lipinski definition) is 3. The van der Waals surface area contributed by atoms with E-state index < -0.39 is 0 Å². The summed E-state index contributed by atoms with van der Waals surface area (Å²) in [4.78, 5) is 31.2.